The molecule has 1 aromatic heterocycles. The third kappa shape index (κ3) is 3.88. The highest BCUT2D eigenvalue weighted by molar-refractivity contribution is 6.34. The number of rotatable bonds is 7. The molecule has 0 radical (unpaired) electrons. The summed E-state index contributed by atoms with van der Waals surface area (Å²) in [5, 5.41) is 12.8. The van der Waals surface area contributed by atoms with Gasteiger partial charge in [0, 0.05) is 54.3 Å². The monoisotopic (exact) mass is 426 g/mol. The number of likely N-dealkylation sites (N-methyl/N-ethyl adjacent to an activating group) is 1. The lowest BCUT2D eigenvalue weighted by molar-refractivity contribution is -0.110. The number of hydrogen-bond donors (Lipinski definition) is 3. The van der Waals surface area contributed by atoms with E-state index in [0.717, 1.165) is 25.3 Å². The maximum atomic E-state index is 13.7. The number of carbonyl (C=O) groups is 2. The summed E-state index contributed by atoms with van der Waals surface area (Å²) >= 11 is 0. The SMILES string of the molecule is CCN(CC)CCN1CCc2[nH]c(/C=C3\C(=O)Nc4ccc(F)cc43)c(CO)c2C1=O. The number of aliphatic hydroxyl groups excluding tert-OH is 1. The van der Waals surface area contributed by atoms with Gasteiger partial charge in [-0.15, -0.1) is 0 Å². The van der Waals surface area contributed by atoms with Gasteiger partial charge in [-0.25, -0.2) is 4.39 Å². The fourth-order valence-corrected chi connectivity index (χ4v) is 4.32. The maximum absolute atomic E-state index is 13.7. The predicted molar refractivity (Wildman–Crippen MR) is 117 cm³/mol. The molecule has 164 valence electrons. The van der Waals surface area contributed by atoms with E-state index in [1.54, 1.807) is 6.08 Å². The van der Waals surface area contributed by atoms with Crippen LogP contribution in [0.2, 0.25) is 0 Å². The lowest BCUT2D eigenvalue weighted by atomic mass is 10.0. The molecule has 31 heavy (non-hydrogen) atoms. The second-order valence-electron chi connectivity index (χ2n) is 7.80. The summed E-state index contributed by atoms with van der Waals surface area (Å²) in [4.78, 5) is 32.9. The van der Waals surface area contributed by atoms with Crippen LogP contribution in [0, 0.1) is 5.82 Å². The first-order valence-corrected chi connectivity index (χ1v) is 10.7. The number of aromatic amines is 1. The van der Waals surface area contributed by atoms with Gasteiger partial charge in [-0.3, -0.25) is 9.59 Å². The molecule has 2 aliphatic heterocycles. The molecule has 2 aliphatic rings. The van der Waals surface area contributed by atoms with Crippen molar-refractivity contribution in [3.8, 4) is 0 Å². The summed E-state index contributed by atoms with van der Waals surface area (Å²) in [5.41, 5.74) is 3.53. The van der Waals surface area contributed by atoms with Gasteiger partial charge in [0.05, 0.1) is 17.7 Å². The minimum Gasteiger partial charge on any atom is -0.392 e. The number of H-pyrrole nitrogens is 1. The zero-order valence-electron chi connectivity index (χ0n) is 17.8. The number of benzene rings is 1. The number of hydrogen-bond acceptors (Lipinski definition) is 4. The number of fused-ring (bicyclic) bond motifs is 2. The standard InChI is InChI=1S/C23H27FN4O3/c1-3-27(4-2)9-10-28-8-7-19-21(23(28)31)17(13-29)20(25-19)12-16-15-11-14(24)5-6-18(15)26-22(16)30/h5-6,11-12,25,29H,3-4,7-10,13H2,1-2H3,(H,26,30)/b16-12-. The highest BCUT2D eigenvalue weighted by atomic mass is 19.1. The Labute approximate surface area is 180 Å². The minimum absolute atomic E-state index is 0.110. The fraction of sp³-hybridized carbons (Fsp3) is 0.391. The predicted octanol–water partition coefficient (Wildman–Crippen LogP) is 2.48. The molecule has 0 saturated heterocycles. The Morgan fingerprint density at radius 2 is 2.03 bits per heavy atom. The van der Waals surface area contributed by atoms with Crippen molar-refractivity contribution in [1.82, 2.24) is 14.8 Å². The van der Waals surface area contributed by atoms with Crippen molar-refractivity contribution in [2.24, 2.45) is 0 Å². The summed E-state index contributed by atoms with van der Waals surface area (Å²) in [7, 11) is 0. The van der Waals surface area contributed by atoms with Crippen molar-refractivity contribution in [2.45, 2.75) is 26.9 Å². The molecule has 0 spiro atoms. The molecule has 4 rings (SSSR count). The number of aliphatic hydroxyl groups is 1. The van der Waals surface area contributed by atoms with Crippen LogP contribution in [-0.4, -0.2) is 64.4 Å². The third-order valence-electron chi connectivity index (χ3n) is 6.14. The van der Waals surface area contributed by atoms with Gasteiger partial charge >= 0.3 is 0 Å². The summed E-state index contributed by atoms with van der Waals surface area (Å²) in [6.07, 6.45) is 2.24. The van der Waals surface area contributed by atoms with Crippen LogP contribution in [0.5, 0.6) is 0 Å². The van der Waals surface area contributed by atoms with Gasteiger partial charge in [0.15, 0.2) is 0 Å². The number of anilines is 1. The second-order valence-corrected chi connectivity index (χ2v) is 7.80. The van der Waals surface area contributed by atoms with E-state index in [-0.39, 0.29) is 18.4 Å². The molecule has 1 aromatic carbocycles. The first-order valence-electron chi connectivity index (χ1n) is 10.7. The first kappa shape index (κ1) is 21.3. The van der Waals surface area contributed by atoms with Crippen LogP contribution in [0.3, 0.4) is 0 Å². The van der Waals surface area contributed by atoms with Gasteiger partial charge in [-0.1, -0.05) is 13.8 Å². The van der Waals surface area contributed by atoms with E-state index in [4.69, 9.17) is 0 Å². The van der Waals surface area contributed by atoms with E-state index in [1.807, 2.05) is 4.90 Å². The number of carbonyl (C=O) groups excluding carboxylic acids is 2. The molecule has 0 bridgehead atoms. The molecular formula is C23H27FN4O3. The molecule has 0 atom stereocenters. The van der Waals surface area contributed by atoms with Crippen molar-refractivity contribution >= 4 is 29.2 Å². The van der Waals surface area contributed by atoms with E-state index in [2.05, 4.69) is 29.0 Å². The van der Waals surface area contributed by atoms with Gasteiger partial charge in [0.25, 0.3) is 11.8 Å². The molecule has 0 unspecified atom stereocenters. The lowest BCUT2D eigenvalue weighted by Gasteiger charge is -2.29. The highest BCUT2D eigenvalue weighted by Gasteiger charge is 2.31. The molecule has 3 heterocycles. The number of amides is 2. The van der Waals surface area contributed by atoms with Gasteiger partial charge in [-0.2, -0.15) is 0 Å². The highest BCUT2D eigenvalue weighted by Crippen LogP contribution is 2.35. The van der Waals surface area contributed by atoms with Crippen LogP contribution in [0.15, 0.2) is 18.2 Å². The Bertz CT molecular complexity index is 1060. The molecule has 0 fully saturated rings. The van der Waals surface area contributed by atoms with Crippen LogP contribution in [0.4, 0.5) is 10.1 Å². The Morgan fingerprint density at radius 1 is 1.26 bits per heavy atom. The molecule has 8 heteroatoms. The van der Waals surface area contributed by atoms with Crippen LogP contribution < -0.4 is 5.32 Å². The van der Waals surface area contributed by atoms with Crippen molar-refractivity contribution in [3.63, 3.8) is 0 Å². The molecule has 2 amide bonds. The Hall–Kier alpha value is -2.97. The molecule has 2 aromatic rings. The first-order chi connectivity index (χ1) is 15.0. The van der Waals surface area contributed by atoms with Gasteiger partial charge in [0.2, 0.25) is 0 Å². The van der Waals surface area contributed by atoms with Gasteiger partial charge in [0.1, 0.15) is 5.82 Å². The summed E-state index contributed by atoms with van der Waals surface area (Å²) in [6.45, 7) is 7.74. The smallest absolute Gasteiger partial charge is 0.256 e. The zero-order chi connectivity index (χ0) is 22.1. The van der Waals surface area contributed by atoms with Crippen LogP contribution in [0.1, 0.15) is 46.7 Å². The average molecular weight is 426 g/mol. The number of aromatic nitrogens is 1. The van der Waals surface area contributed by atoms with Crippen LogP contribution >= 0.6 is 0 Å². The molecule has 0 saturated carbocycles. The summed E-state index contributed by atoms with van der Waals surface area (Å²) < 4.78 is 13.7. The molecule has 3 N–H and O–H groups in total. The summed E-state index contributed by atoms with van der Waals surface area (Å²) in [6, 6.07) is 4.12. The number of nitrogens with one attached hydrogen (secondary N) is 2. The van der Waals surface area contributed by atoms with Gasteiger partial charge in [-0.05, 0) is 37.4 Å². The minimum atomic E-state index is -0.437. The van der Waals surface area contributed by atoms with Crippen LogP contribution in [0.25, 0.3) is 11.6 Å². The topological polar surface area (TPSA) is 88.7 Å². The number of nitrogens with zero attached hydrogens (tertiary/aromatic N) is 2. The van der Waals surface area contributed by atoms with Crippen molar-refractivity contribution in [1.29, 1.82) is 0 Å². The second kappa shape index (κ2) is 8.64. The van der Waals surface area contributed by atoms with E-state index < -0.39 is 5.82 Å². The molecule has 0 aliphatic carbocycles. The zero-order valence-corrected chi connectivity index (χ0v) is 17.8. The number of halogens is 1. The van der Waals surface area contributed by atoms with E-state index in [9.17, 15) is 19.1 Å². The van der Waals surface area contributed by atoms with E-state index >= 15 is 0 Å². The Kier molecular flexibility index (Phi) is 5.93. The fourth-order valence-electron chi connectivity index (χ4n) is 4.32. The van der Waals surface area contributed by atoms with Crippen molar-refractivity contribution < 1.29 is 19.1 Å². The van der Waals surface area contributed by atoms with Gasteiger partial charge < -0.3 is 25.2 Å². The lowest BCUT2D eigenvalue weighted by Crippen LogP contribution is -2.42. The Balaban J connectivity index is 1.66. The maximum Gasteiger partial charge on any atom is 0.256 e. The Morgan fingerprint density at radius 3 is 2.74 bits per heavy atom. The van der Waals surface area contributed by atoms with Crippen molar-refractivity contribution in [3.05, 3.63) is 52.1 Å². The normalized spacial score (nSPS) is 16.8. The van der Waals surface area contributed by atoms with E-state index in [0.29, 0.717) is 53.2 Å². The van der Waals surface area contributed by atoms with E-state index in [1.165, 1.54) is 18.2 Å². The molecule has 7 nitrogen and oxygen atoms in total. The van der Waals surface area contributed by atoms with Crippen molar-refractivity contribution in [2.75, 3.05) is 38.0 Å². The molecular weight excluding hydrogens is 399 g/mol. The quantitative estimate of drug-likeness (QED) is 0.594. The summed E-state index contributed by atoms with van der Waals surface area (Å²) in [5.74, 6) is -0.891. The average Bonchev–Trinajstić information content (AvgIpc) is 3.27. The largest absolute Gasteiger partial charge is 0.392 e. The van der Waals surface area contributed by atoms with Crippen LogP contribution in [-0.2, 0) is 17.8 Å². The third-order valence-corrected chi connectivity index (χ3v) is 6.14.